The Morgan fingerprint density at radius 1 is 0.383 bits per heavy atom. The van der Waals surface area contributed by atoms with E-state index in [2.05, 4.69) is 6.07 Å². The zero-order chi connectivity index (χ0) is 37.9. The standard InChI is InChI=1S/C46H28O/c1-2-11-29(12-3-1)33-23-21-30-22-24-34(26-35(30)25-33)44-36-15-6-8-17-38(36)45(39-18-9-7-16-37(39)44)40-19-10-20-42-46(40)41-27-31-13-4-5-14-32(31)28-43(41)47-42/h1-28H/i6D,7D,8D,9D,15D,16D,17D,18D. The average Bonchev–Trinajstić information content (AvgIpc) is 3.59. The van der Waals surface area contributed by atoms with Crippen LogP contribution < -0.4 is 0 Å². The van der Waals surface area contributed by atoms with Crippen molar-refractivity contribution in [1.29, 1.82) is 0 Å². The molecule has 218 valence electrons. The lowest BCUT2D eigenvalue weighted by molar-refractivity contribution is 0.669. The van der Waals surface area contributed by atoms with Crippen LogP contribution in [-0.2, 0) is 0 Å². The smallest absolute Gasteiger partial charge is 0.136 e. The van der Waals surface area contributed by atoms with Gasteiger partial charge in [-0.2, -0.15) is 0 Å². The Balaban J connectivity index is 1.41. The van der Waals surface area contributed by atoms with Crippen molar-refractivity contribution < 1.29 is 15.4 Å². The van der Waals surface area contributed by atoms with Crippen molar-refractivity contribution in [2.24, 2.45) is 0 Å². The Hall–Kier alpha value is -6.18. The lowest BCUT2D eigenvalue weighted by Gasteiger charge is -2.18. The van der Waals surface area contributed by atoms with Gasteiger partial charge in [-0.3, -0.25) is 0 Å². The van der Waals surface area contributed by atoms with E-state index < -0.39 is 24.2 Å². The molecule has 10 rings (SSSR count). The Morgan fingerprint density at radius 3 is 1.72 bits per heavy atom. The normalized spacial score (nSPS) is 14.2. The highest BCUT2D eigenvalue weighted by Crippen LogP contribution is 2.47. The van der Waals surface area contributed by atoms with Gasteiger partial charge in [-0.25, -0.2) is 0 Å². The zero-order valence-electron chi connectivity index (χ0n) is 33.0. The molecule has 0 amide bonds. The molecule has 0 aliphatic heterocycles. The Bertz CT molecular complexity index is 3220. The molecule has 0 atom stereocenters. The van der Waals surface area contributed by atoms with Crippen molar-refractivity contribution in [3.63, 3.8) is 0 Å². The minimum atomic E-state index is -0.439. The van der Waals surface area contributed by atoms with Gasteiger partial charge in [0.25, 0.3) is 0 Å². The quantitative estimate of drug-likeness (QED) is 0.183. The van der Waals surface area contributed by atoms with E-state index in [1.54, 1.807) is 6.07 Å². The van der Waals surface area contributed by atoms with Crippen LogP contribution in [0.15, 0.2) is 174 Å². The fourth-order valence-corrected chi connectivity index (χ4v) is 7.12. The maximum atomic E-state index is 9.46. The third-order valence-electron chi connectivity index (χ3n) is 9.24. The molecule has 0 fully saturated rings. The topological polar surface area (TPSA) is 13.1 Å². The number of fused-ring (bicyclic) bond motifs is 7. The van der Waals surface area contributed by atoms with Gasteiger partial charge >= 0.3 is 0 Å². The number of rotatable bonds is 3. The van der Waals surface area contributed by atoms with Crippen LogP contribution in [-0.4, -0.2) is 0 Å². The van der Waals surface area contributed by atoms with E-state index >= 15 is 0 Å². The largest absolute Gasteiger partial charge is 0.456 e. The monoisotopic (exact) mass is 604 g/mol. The minimum absolute atomic E-state index is 0.166. The Kier molecular flexibility index (Phi) is 4.19. The molecule has 0 unspecified atom stereocenters. The summed E-state index contributed by atoms with van der Waals surface area (Å²) in [5.41, 5.74) is 4.90. The summed E-state index contributed by atoms with van der Waals surface area (Å²) in [6.07, 6.45) is 0. The van der Waals surface area contributed by atoms with Gasteiger partial charge in [0.2, 0.25) is 0 Å². The van der Waals surface area contributed by atoms with Gasteiger partial charge in [0.15, 0.2) is 0 Å². The van der Waals surface area contributed by atoms with E-state index in [9.17, 15) is 5.48 Å². The second kappa shape index (κ2) is 10.2. The molecule has 0 spiro atoms. The van der Waals surface area contributed by atoms with Crippen molar-refractivity contribution in [2.75, 3.05) is 0 Å². The van der Waals surface area contributed by atoms with E-state index in [-0.39, 0.29) is 45.7 Å². The molecule has 0 saturated heterocycles. The van der Waals surface area contributed by atoms with Gasteiger partial charge in [-0.15, -0.1) is 0 Å². The third-order valence-corrected chi connectivity index (χ3v) is 9.24. The Morgan fingerprint density at radius 2 is 1.00 bits per heavy atom. The van der Waals surface area contributed by atoms with Crippen molar-refractivity contribution >= 4 is 65.0 Å². The first-order valence-electron chi connectivity index (χ1n) is 19.5. The van der Waals surface area contributed by atoms with Crippen LogP contribution in [0.4, 0.5) is 0 Å². The van der Waals surface area contributed by atoms with Gasteiger partial charge in [0, 0.05) is 10.8 Å². The van der Waals surface area contributed by atoms with E-state index in [1.807, 2.05) is 109 Å². The van der Waals surface area contributed by atoms with Crippen LogP contribution in [0.3, 0.4) is 0 Å². The molecule has 9 aromatic carbocycles. The zero-order valence-corrected chi connectivity index (χ0v) is 25.0. The van der Waals surface area contributed by atoms with E-state index in [1.165, 1.54) is 0 Å². The first-order chi connectivity index (χ1) is 26.6. The summed E-state index contributed by atoms with van der Waals surface area (Å²) in [6, 6.07) is 36.3. The van der Waals surface area contributed by atoms with E-state index in [0.29, 0.717) is 38.8 Å². The maximum absolute atomic E-state index is 9.46. The lowest BCUT2D eigenvalue weighted by Crippen LogP contribution is -1.91. The minimum Gasteiger partial charge on any atom is -0.456 e. The molecule has 10 aromatic rings. The van der Waals surface area contributed by atoms with Gasteiger partial charge in [0.1, 0.15) is 11.2 Å². The second-order valence-electron chi connectivity index (χ2n) is 11.9. The number of hydrogen-bond acceptors (Lipinski definition) is 1. The van der Waals surface area contributed by atoms with E-state index in [4.69, 9.17) is 9.90 Å². The predicted octanol–water partition coefficient (Wildman–Crippen LogP) is 13.2. The summed E-state index contributed by atoms with van der Waals surface area (Å²) in [5, 5.41) is 5.92. The lowest BCUT2D eigenvalue weighted by atomic mass is 9.84. The summed E-state index contributed by atoms with van der Waals surface area (Å²) >= 11 is 0. The second-order valence-corrected chi connectivity index (χ2v) is 11.9. The molecular weight excluding hydrogens is 569 g/mol. The van der Waals surface area contributed by atoms with Crippen molar-refractivity contribution in [3.8, 4) is 33.4 Å². The van der Waals surface area contributed by atoms with Gasteiger partial charge in [-0.05, 0) is 107 Å². The summed E-state index contributed by atoms with van der Waals surface area (Å²) in [7, 11) is 0. The van der Waals surface area contributed by atoms with Gasteiger partial charge in [0.05, 0.1) is 11.0 Å². The average molecular weight is 605 g/mol. The van der Waals surface area contributed by atoms with Crippen LogP contribution in [0.2, 0.25) is 0 Å². The molecule has 47 heavy (non-hydrogen) atoms. The molecule has 0 aliphatic carbocycles. The highest BCUT2D eigenvalue weighted by Gasteiger charge is 2.20. The molecule has 0 N–H and O–H groups in total. The van der Waals surface area contributed by atoms with Crippen LogP contribution in [0, 0.1) is 0 Å². The van der Waals surface area contributed by atoms with Gasteiger partial charge < -0.3 is 4.42 Å². The van der Waals surface area contributed by atoms with Crippen molar-refractivity contribution in [2.45, 2.75) is 0 Å². The SMILES string of the molecule is [2H]c1c([2H])c([2H])c2c(-c3cccc4oc5cc6ccccc6cc5c34)c3c([2H])c([2H])c([2H])c([2H])c3c(-c3ccc4ccc(-c5ccccc5)cc4c3)c2c1[2H]. The highest BCUT2D eigenvalue weighted by molar-refractivity contribution is 6.26. The first-order valence-corrected chi connectivity index (χ1v) is 15.5. The highest BCUT2D eigenvalue weighted by atomic mass is 16.3. The first kappa shape index (κ1) is 19.4. The molecule has 1 heteroatoms. The number of benzene rings is 9. The fraction of sp³-hybridized carbons (Fsp3) is 0. The van der Waals surface area contributed by atoms with Gasteiger partial charge in [-0.1, -0.05) is 139 Å². The molecule has 0 bridgehead atoms. The molecular formula is C46H28O. The van der Waals surface area contributed by atoms with Crippen LogP contribution >= 0.6 is 0 Å². The fourth-order valence-electron chi connectivity index (χ4n) is 7.12. The van der Waals surface area contributed by atoms with E-state index in [0.717, 1.165) is 38.1 Å². The molecule has 1 nitrogen and oxygen atoms in total. The number of furan rings is 1. The van der Waals surface area contributed by atoms with Crippen LogP contribution in [0.25, 0.3) is 98.4 Å². The van der Waals surface area contributed by atoms with Crippen molar-refractivity contribution in [1.82, 2.24) is 0 Å². The summed E-state index contributed by atoms with van der Waals surface area (Å²) in [6.45, 7) is 0. The summed E-state index contributed by atoms with van der Waals surface area (Å²) < 4.78 is 79.7. The molecule has 0 radical (unpaired) electrons. The van der Waals surface area contributed by atoms with Crippen LogP contribution in [0.5, 0.6) is 0 Å². The molecule has 1 heterocycles. The molecule has 1 aromatic heterocycles. The maximum Gasteiger partial charge on any atom is 0.136 e. The van der Waals surface area contributed by atoms with Crippen LogP contribution in [0.1, 0.15) is 11.0 Å². The third kappa shape index (κ3) is 4.03. The predicted molar refractivity (Wildman–Crippen MR) is 200 cm³/mol. The molecule has 0 saturated carbocycles. The Labute approximate surface area is 283 Å². The number of hydrogen-bond donors (Lipinski definition) is 0. The van der Waals surface area contributed by atoms with Crippen molar-refractivity contribution in [3.05, 3.63) is 170 Å². The summed E-state index contributed by atoms with van der Waals surface area (Å²) in [5.74, 6) is 0. The summed E-state index contributed by atoms with van der Waals surface area (Å²) in [4.78, 5) is 0. The molecule has 0 aliphatic rings.